The fourth-order valence-corrected chi connectivity index (χ4v) is 1.93. The first-order chi connectivity index (χ1) is 10.6. The van der Waals surface area contributed by atoms with Crippen molar-refractivity contribution in [3.63, 3.8) is 0 Å². The normalized spacial score (nSPS) is 9.91. The van der Waals surface area contributed by atoms with Gasteiger partial charge in [-0.3, -0.25) is 10.1 Å². The molecule has 0 spiro atoms. The number of hydrogen-bond donors (Lipinski definition) is 2. The van der Waals surface area contributed by atoms with E-state index < -0.39 is 6.09 Å². The van der Waals surface area contributed by atoms with Gasteiger partial charge >= 0.3 is 6.09 Å². The smallest absolute Gasteiger partial charge is 0.411 e. The molecule has 22 heavy (non-hydrogen) atoms. The molecule has 0 aliphatic rings. The van der Waals surface area contributed by atoms with Crippen LogP contribution in [0.4, 0.5) is 16.2 Å². The molecule has 2 aromatic carbocycles. The molecule has 0 unspecified atom stereocenters. The summed E-state index contributed by atoms with van der Waals surface area (Å²) in [7, 11) is 0. The van der Waals surface area contributed by atoms with Crippen LogP contribution < -0.4 is 10.6 Å². The third kappa shape index (κ3) is 4.23. The molecule has 2 amide bonds. The van der Waals surface area contributed by atoms with Crippen molar-refractivity contribution >= 4 is 35.0 Å². The van der Waals surface area contributed by atoms with Gasteiger partial charge < -0.3 is 10.1 Å². The zero-order valence-corrected chi connectivity index (χ0v) is 12.7. The molecule has 0 aromatic heterocycles. The quantitative estimate of drug-likeness (QED) is 0.889. The summed E-state index contributed by atoms with van der Waals surface area (Å²) in [5.74, 6) is -0.282. The molecule has 0 atom stereocenters. The first-order valence-electron chi connectivity index (χ1n) is 6.70. The zero-order valence-electron chi connectivity index (χ0n) is 11.9. The number of rotatable bonds is 4. The second-order valence-corrected chi connectivity index (χ2v) is 4.76. The topological polar surface area (TPSA) is 67.4 Å². The van der Waals surface area contributed by atoms with Crippen molar-refractivity contribution in [2.24, 2.45) is 0 Å². The molecule has 0 heterocycles. The van der Waals surface area contributed by atoms with Crippen molar-refractivity contribution < 1.29 is 14.3 Å². The summed E-state index contributed by atoms with van der Waals surface area (Å²) in [5, 5.41) is 5.75. The van der Waals surface area contributed by atoms with Crippen LogP contribution in [0.15, 0.2) is 48.5 Å². The average molecular weight is 319 g/mol. The standard InChI is InChI=1S/C16H15ClN2O3/c1-2-22-16(21)18-12-9-7-11(8-10-12)15(20)19-14-6-4-3-5-13(14)17/h3-10H,2H2,1H3,(H,18,21)(H,19,20). The lowest BCUT2D eigenvalue weighted by molar-refractivity contribution is 0.102. The van der Waals surface area contributed by atoms with E-state index in [1.807, 2.05) is 0 Å². The highest BCUT2D eigenvalue weighted by molar-refractivity contribution is 6.33. The highest BCUT2D eigenvalue weighted by Crippen LogP contribution is 2.21. The van der Waals surface area contributed by atoms with Gasteiger partial charge in [0.2, 0.25) is 0 Å². The van der Waals surface area contributed by atoms with Crippen LogP contribution in [0.3, 0.4) is 0 Å². The Morgan fingerprint density at radius 2 is 1.73 bits per heavy atom. The summed E-state index contributed by atoms with van der Waals surface area (Å²) >= 11 is 5.99. The van der Waals surface area contributed by atoms with Crippen molar-refractivity contribution in [2.45, 2.75) is 6.92 Å². The van der Waals surface area contributed by atoms with E-state index in [9.17, 15) is 9.59 Å². The van der Waals surface area contributed by atoms with Crippen LogP contribution in [0.2, 0.25) is 5.02 Å². The Hall–Kier alpha value is -2.53. The van der Waals surface area contributed by atoms with E-state index in [1.165, 1.54) is 0 Å². The minimum absolute atomic E-state index is 0.282. The molecule has 0 radical (unpaired) electrons. The van der Waals surface area contributed by atoms with Crippen LogP contribution in [0, 0.1) is 0 Å². The summed E-state index contributed by atoms with van der Waals surface area (Å²) in [5.41, 5.74) is 1.55. The predicted octanol–water partition coefficient (Wildman–Crippen LogP) is 4.16. The van der Waals surface area contributed by atoms with Crippen LogP contribution in [-0.2, 0) is 4.74 Å². The van der Waals surface area contributed by atoms with Gasteiger partial charge in [0.1, 0.15) is 0 Å². The van der Waals surface area contributed by atoms with Crippen molar-refractivity contribution in [3.8, 4) is 0 Å². The van der Waals surface area contributed by atoms with Crippen LogP contribution in [0.5, 0.6) is 0 Å². The van der Waals surface area contributed by atoms with Gasteiger partial charge in [0, 0.05) is 11.3 Å². The monoisotopic (exact) mass is 318 g/mol. The van der Waals surface area contributed by atoms with E-state index >= 15 is 0 Å². The highest BCUT2D eigenvalue weighted by atomic mass is 35.5. The lowest BCUT2D eigenvalue weighted by Gasteiger charge is -2.08. The minimum Gasteiger partial charge on any atom is -0.450 e. The molecule has 0 aliphatic heterocycles. The number of halogens is 1. The van der Waals surface area contributed by atoms with Gasteiger partial charge in [-0.1, -0.05) is 23.7 Å². The first kappa shape index (κ1) is 15.9. The second kappa shape index (κ2) is 7.47. The molecular formula is C16H15ClN2O3. The molecule has 2 N–H and O–H groups in total. The Bertz CT molecular complexity index is 671. The van der Waals surface area contributed by atoms with Gasteiger partial charge in [-0.25, -0.2) is 4.79 Å². The van der Waals surface area contributed by atoms with E-state index in [2.05, 4.69) is 10.6 Å². The van der Waals surface area contributed by atoms with Crippen LogP contribution >= 0.6 is 11.6 Å². The van der Waals surface area contributed by atoms with Gasteiger partial charge in [0.05, 0.1) is 17.3 Å². The maximum atomic E-state index is 12.1. The molecule has 114 valence electrons. The largest absolute Gasteiger partial charge is 0.450 e. The Balaban J connectivity index is 2.02. The third-order valence-electron chi connectivity index (χ3n) is 2.79. The molecular weight excluding hydrogens is 304 g/mol. The summed E-state index contributed by atoms with van der Waals surface area (Å²) < 4.78 is 4.77. The lowest BCUT2D eigenvalue weighted by Crippen LogP contribution is -2.14. The predicted molar refractivity (Wildman–Crippen MR) is 86.5 cm³/mol. The van der Waals surface area contributed by atoms with Crippen LogP contribution in [0.1, 0.15) is 17.3 Å². The van der Waals surface area contributed by atoms with Gasteiger partial charge in [0.15, 0.2) is 0 Å². The number of nitrogens with one attached hydrogen (secondary N) is 2. The number of anilines is 2. The maximum Gasteiger partial charge on any atom is 0.411 e. The van der Waals surface area contributed by atoms with E-state index in [-0.39, 0.29) is 5.91 Å². The Kier molecular flexibility index (Phi) is 5.38. The molecule has 0 saturated heterocycles. The average Bonchev–Trinajstić information content (AvgIpc) is 2.50. The summed E-state index contributed by atoms with van der Waals surface area (Å²) in [4.78, 5) is 23.4. The number of para-hydroxylation sites is 1. The number of amides is 2. The number of benzene rings is 2. The van der Waals surface area contributed by atoms with Crippen molar-refractivity contribution in [1.82, 2.24) is 0 Å². The van der Waals surface area contributed by atoms with Crippen molar-refractivity contribution in [1.29, 1.82) is 0 Å². The molecule has 2 rings (SSSR count). The second-order valence-electron chi connectivity index (χ2n) is 4.36. The lowest BCUT2D eigenvalue weighted by atomic mass is 10.2. The van der Waals surface area contributed by atoms with Gasteiger partial charge in [-0.2, -0.15) is 0 Å². The Labute approximate surface area is 133 Å². The molecule has 6 heteroatoms. The molecule has 0 fully saturated rings. The summed E-state index contributed by atoms with van der Waals surface area (Å²) in [6.45, 7) is 2.02. The van der Waals surface area contributed by atoms with Crippen molar-refractivity contribution in [2.75, 3.05) is 17.2 Å². The van der Waals surface area contributed by atoms with Gasteiger partial charge in [-0.15, -0.1) is 0 Å². The minimum atomic E-state index is -0.532. The fourth-order valence-electron chi connectivity index (χ4n) is 1.75. The van der Waals surface area contributed by atoms with Gasteiger partial charge in [-0.05, 0) is 43.3 Å². The molecule has 0 saturated carbocycles. The van der Waals surface area contributed by atoms with E-state index in [0.29, 0.717) is 28.6 Å². The van der Waals surface area contributed by atoms with E-state index in [4.69, 9.17) is 16.3 Å². The zero-order chi connectivity index (χ0) is 15.9. The molecule has 0 bridgehead atoms. The van der Waals surface area contributed by atoms with Crippen LogP contribution in [-0.4, -0.2) is 18.6 Å². The number of carbonyl (C=O) groups is 2. The maximum absolute atomic E-state index is 12.1. The van der Waals surface area contributed by atoms with Gasteiger partial charge in [0.25, 0.3) is 5.91 Å². The third-order valence-corrected chi connectivity index (χ3v) is 3.12. The molecule has 0 aliphatic carbocycles. The Morgan fingerprint density at radius 3 is 2.36 bits per heavy atom. The SMILES string of the molecule is CCOC(=O)Nc1ccc(C(=O)Nc2ccccc2Cl)cc1. The first-order valence-corrected chi connectivity index (χ1v) is 7.07. The summed E-state index contributed by atoms with van der Waals surface area (Å²) in [6.07, 6.45) is -0.532. The van der Waals surface area contributed by atoms with Crippen LogP contribution in [0.25, 0.3) is 0 Å². The van der Waals surface area contributed by atoms with E-state index in [0.717, 1.165) is 0 Å². The van der Waals surface area contributed by atoms with Crippen molar-refractivity contribution in [3.05, 3.63) is 59.1 Å². The molecule has 2 aromatic rings. The fraction of sp³-hybridized carbons (Fsp3) is 0.125. The number of carbonyl (C=O) groups excluding carboxylic acids is 2. The number of ether oxygens (including phenoxy) is 1. The molecule has 5 nitrogen and oxygen atoms in total. The number of hydrogen-bond acceptors (Lipinski definition) is 3. The summed E-state index contributed by atoms with van der Waals surface area (Å²) in [6, 6.07) is 13.4. The Morgan fingerprint density at radius 1 is 1.05 bits per heavy atom. The van der Waals surface area contributed by atoms with E-state index in [1.54, 1.807) is 55.5 Å². The highest BCUT2D eigenvalue weighted by Gasteiger charge is 2.09.